The first kappa shape index (κ1) is 8.06. The Kier molecular flexibility index (Phi) is 3.20. The second-order valence-corrected chi connectivity index (χ2v) is 3.48. The molecule has 0 radical (unpaired) electrons. The molecule has 60 valence electrons. The van der Waals surface area contributed by atoms with Crippen molar-refractivity contribution in [1.29, 1.82) is 0 Å². The summed E-state index contributed by atoms with van der Waals surface area (Å²) in [6, 6.07) is 0. The van der Waals surface area contributed by atoms with Gasteiger partial charge in [-0.05, 0) is 18.8 Å². The van der Waals surface area contributed by atoms with Crippen LogP contribution in [-0.2, 0) is 0 Å². The Morgan fingerprint density at radius 1 is 1.40 bits per heavy atom. The highest BCUT2D eigenvalue weighted by Gasteiger charge is 2.18. The molecule has 0 aromatic heterocycles. The van der Waals surface area contributed by atoms with Crippen LogP contribution in [0, 0.1) is 5.92 Å². The number of aliphatic hydroxyl groups excluding tert-OH is 1. The van der Waals surface area contributed by atoms with E-state index in [-0.39, 0.29) is 6.10 Å². The first-order valence-corrected chi connectivity index (χ1v) is 4.51. The molecular weight excluding hydrogens is 124 g/mol. The Morgan fingerprint density at radius 2 is 2.20 bits per heavy atom. The predicted octanol–water partition coefficient (Wildman–Crippen LogP) is 2.34. The zero-order chi connectivity index (χ0) is 7.40. The van der Waals surface area contributed by atoms with Gasteiger partial charge in [-0.2, -0.15) is 0 Å². The molecular formula is C9H18O. The Morgan fingerprint density at radius 3 is 2.80 bits per heavy atom. The van der Waals surface area contributed by atoms with Gasteiger partial charge < -0.3 is 5.11 Å². The molecule has 1 aliphatic carbocycles. The smallest absolute Gasteiger partial charge is 0.0542 e. The molecule has 1 rings (SSSR count). The first-order valence-electron chi connectivity index (χ1n) is 4.51. The molecule has 1 nitrogen and oxygen atoms in total. The van der Waals surface area contributed by atoms with E-state index in [0.29, 0.717) is 0 Å². The third-order valence-electron chi connectivity index (χ3n) is 2.45. The minimum absolute atomic E-state index is 0.0188. The van der Waals surface area contributed by atoms with Crippen molar-refractivity contribution < 1.29 is 5.11 Å². The van der Waals surface area contributed by atoms with Crippen molar-refractivity contribution in [2.75, 3.05) is 0 Å². The van der Waals surface area contributed by atoms with Gasteiger partial charge in [-0.25, -0.2) is 0 Å². The van der Waals surface area contributed by atoms with Gasteiger partial charge in [0.1, 0.15) is 0 Å². The minimum Gasteiger partial charge on any atom is -0.393 e. The van der Waals surface area contributed by atoms with E-state index in [1.165, 1.54) is 25.7 Å². The van der Waals surface area contributed by atoms with Crippen LogP contribution >= 0.6 is 0 Å². The lowest BCUT2D eigenvalue weighted by Gasteiger charge is -2.25. The number of hydrogen-bond acceptors (Lipinski definition) is 1. The quantitative estimate of drug-likeness (QED) is 0.627. The zero-order valence-electron chi connectivity index (χ0n) is 6.84. The Hall–Kier alpha value is -0.0400. The Labute approximate surface area is 63.4 Å². The SMILES string of the molecule is CCC[C@@H]1CCC[C@H](O)C1. The summed E-state index contributed by atoms with van der Waals surface area (Å²) in [6.45, 7) is 2.22. The van der Waals surface area contributed by atoms with Crippen LogP contribution in [0.3, 0.4) is 0 Å². The molecule has 1 N–H and O–H groups in total. The molecule has 0 unspecified atom stereocenters. The van der Waals surface area contributed by atoms with Crippen LogP contribution in [0.25, 0.3) is 0 Å². The van der Waals surface area contributed by atoms with Crippen molar-refractivity contribution in [3.05, 3.63) is 0 Å². The van der Waals surface area contributed by atoms with Crippen LogP contribution in [0.4, 0.5) is 0 Å². The number of hydrogen-bond donors (Lipinski definition) is 1. The Bertz CT molecular complexity index is 88.7. The molecule has 0 amide bonds. The molecule has 0 aromatic carbocycles. The molecule has 0 heterocycles. The number of aliphatic hydroxyl groups is 1. The van der Waals surface area contributed by atoms with Gasteiger partial charge in [0.25, 0.3) is 0 Å². The highest BCUT2D eigenvalue weighted by molar-refractivity contribution is 4.71. The molecule has 1 aliphatic rings. The van der Waals surface area contributed by atoms with Gasteiger partial charge in [-0.15, -0.1) is 0 Å². The van der Waals surface area contributed by atoms with Gasteiger partial charge in [0, 0.05) is 0 Å². The maximum absolute atomic E-state index is 9.31. The average Bonchev–Trinajstić information content (AvgIpc) is 1.88. The lowest BCUT2D eigenvalue weighted by molar-refractivity contribution is 0.0981. The standard InChI is InChI=1S/C9H18O/c1-2-4-8-5-3-6-9(10)7-8/h8-10H,2-7H2,1H3/t8-,9+/m1/s1. The largest absolute Gasteiger partial charge is 0.393 e. The number of rotatable bonds is 2. The topological polar surface area (TPSA) is 20.2 Å². The van der Waals surface area contributed by atoms with Crippen molar-refractivity contribution >= 4 is 0 Å². The summed E-state index contributed by atoms with van der Waals surface area (Å²) in [5.74, 6) is 0.828. The molecule has 2 atom stereocenters. The lowest BCUT2D eigenvalue weighted by Crippen LogP contribution is -2.19. The first-order chi connectivity index (χ1) is 4.83. The van der Waals surface area contributed by atoms with E-state index >= 15 is 0 Å². The van der Waals surface area contributed by atoms with Crippen LogP contribution in [0.1, 0.15) is 45.4 Å². The average molecular weight is 142 g/mol. The monoisotopic (exact) mass is 142 g/mol. The third-order valence-corrected chi connectivity index (χ3v) is 2.45. The van der Waals surface area contributed by atoms with Gasteiger partial charge >= 0.3 is 0 Å². The molecule has 0 aliphatic heterocycles. The molecule has 0 bridgehead atoms. The van der Waals surface area contributed by atoms with Gasteiger partial charge in [0.2, 0.25) is 0 Å². The fraction of sp³-hybridized carbons (Fsp3) is 1.00. The highest BCUT2D eigenvalue weighted by Crippen LogP contribution is 2.27. The third kappa shape index (κ3) is 2.30. The summed E-state index contributed by atoms with van der Waals surface area (Å²) >= 11 is 0. The summed E-state index contributed by atoms with van der Waals surface area (Å²) in [4.78, 5) is 0. The van der Waals surface area contributed by atoms with E-state index in [4.69, 9.17) is 0 Å². The second-order valence-electron chi connectivity index (χ2n) is 3.48. The predicted molar refractivity (Wildman–Crippen MR) is 42.9 cm³/mol. The zero-order valence-corrected chi connectivity index (χ0v) is 6.84. The maximum Gasteiger partial charge on any atom is 0.0542 e. The Balaban J connectivity index is 2.18. The van der Waals surface area contributed by atoms with Gasteiger partial charge in [0.05, 0.1) is 6.10 Å². The fourth-order valence-electron chi connectivity index (χ4n) is 1.93. The van der Waals surface area contributed by atoms with Crippen molar-refractivity contribution in [1.82, 2.24) is 0 Å². The highest BCUT2D eigenvalue weighted by atomic mass is 16.3. The van der Waals surface area contributed by atoms with Gasteiger partial charge in [-0.3, -0.25) is 0 Å². The van der Waals surface area contributed by atoms with E-state index in [9.17, 15) is 5.11 Å². The van der Waals surface area contributed by atoms with Crippen LogP contribution in [0.15, 0.2) is 0 Å². The lowest BCUT2D eigenvalue weighted by atomic mass is 9.85. The molecule has 1 saturated carbocycles. The summed E-state index contributed by atoms with van der Waals surface area (Å²) < 4.78 is 0. The van der Waals surface area contributed by atoms with Crippen molar-refractivity contribution in [3.8, 4) is 0 Å². The molecule has 0 saturated heterocycles. The van der Waals surface area contributed by atoms with E-state index in [1.54, 1.807) is 0 Å². The van der Waals surface area contributed by atoms with Crippen LogP contribution < -0.4 is 0 Å². The van der Waals surface area contributed by atoms with Gasteiger partial charge in [0.15, 0.2) is 0 Å². The van der Waals surface area contributed by atoms with E-state index < -0.39 is 0 Å². The second kappa shape index (κ2) is 3.97. The molecule has 1 fully saturated rings. The summed E-state index contributed by atoms with van der Waals surface area (Å²) in [5.41, 5.74) is 0. The summed E-state index contributed by atoms with van der Waals surface area (Å²) in [6.07, 6.45) is 7.31. The van der Waals surface area contributed by atoms with Crippen LogP contribution in [-0.4, -0.2) is 11.2 Å². The van der Waals surface area contributed by atoms with E-state index in [2.05, 4.69) is 6.92 Å². The van der Waals surface area contributed by atoms with Crippen molar-refractivity contribution in [3.63, 3.8) is 0 Å². The molecule has 10 heavy (non-hydrogen) atoms. The van der Waals surface area contributed by atoms with E-state index in [0.717, 1.165) is 18.8 Å². The van der Waals surface area contributed by atoms with Crippen LogP contribution in [0.2, 0.25) is 0 Å². The van der Waals surface area contributed by atoms with Crippen molar-refractivity contribution in [2.45, 2.75) is 51.6 Å². The molecule has 1 heteroatoms. The fourth-order valence-corrected chi connectivity index (χ4v) is 1.93. The molecule has 0 spiro atoms. The van der Waals surface area contributed by atoms with E-state index in [1.807, 2.05) is 0 Å². The normalized spacial score (nSPS) is 34.2. The minimum atomic E-state index is 0.0188. The van der Waals surface area contributed by atoms with Gasteiger partial charge in [-0.1, -0.05) is 32.6 Å². The maximum atomic E-state index is 9.31. The van der Waals surface area contributed by atoms with Crippen LogP contribution in [0.5, 0.6) is 0 Å². The molecule has 0 aromatic rings. The van der Waals surface area contributed by atoms with Crippen molar-refractivity contribution in [2.24, 2.45) is 5.92 Å². The summed E-state index contributed by atoms with van der Waals surface area (Å²) in [7, 11) is 0. The summed E-state index contributed by atoms with van der Waals surface area (Å²) in [5, 5.41) is 9.31.